The van der Waals surface area contributed by atoms with Crippen molar-refractivity contribution in [1.82, 2.24) is 19.7 Å². The van der Waals surface area contributed by atoms with Crippen LogP contribution in [0.15, 0.2) is 18.6 Å². The van der Waals surface area contributed by atoms with Crippen molar-refractivity contribution in [2.75, 3.05) is 17.2 Å². The molecule has 0 aliphatic rings. The van der Waals surface area contributed by atoms with Crippen LogP contribution in [0.3, 0.4) is 0 Å². The first-order valence-corrected chi connectivity index (χ1v) is 7.09. The summed E-state index contributed by atoms with van der Waals surface area (Å²) in [4.78, 5) is 8.71. The summed E-state index contributed by atoms with van der Waals surface area (Å²) in [5.41, 5.74) is 1.12. The fraction of sp³-hybridized carbons (Fsp3) is 0.500. The van der Waals surface area contributed by atoms with Crippen molar-refractivity contribution >= 4 is 17.5 Å². The minimum Gasteiger partial charge on any atom is -0.370 e. The monoisotopic (exact) mass is 274 g/mol. The fourth-order valence-corrected chi connectivity index (χ4v) is 2.01. The number of aromatic nitrogens is 4. The highest BCUT2D eigenvalue weighted by Gasteiger charge is 2.11. The third-order valence-corrected chi connectivity index (χ3v) is 2.95. The first kappa shape index (κ1) is 14.3. The summed E-state index contributed by atoms with van der Waals surface area (Å²) in [7, 11) is 1.90. The van der Waals surface area contributed by atoms with Crippen molar-refractivity contribution in [1.29, 1.82) is 0 Å². The molecular weight excluding hydrogens is 252 g/mol. The van der Waals surface area contributed by atoms with Crippen molar-refractivity contribution < 1.29 is 0 Å². The van der Waals surface area contributed by atoms with Gasteiger partial charge in [-0.05, 0) is 12.8 Å². The van der Waals surface area contributed by atoms with Crippen LogP contribution in [-0.4, -0.2) is 26.3 Å². The zero-order chi connectivity index (χ0) is 14.4. The zero-order valence-electron chi connectivity index (χ0n) is 12.3. The Hall–Kier alpha value is -2.11. The van der Waals surface area contributed by atoms with E-state index in [-0.39, 0.29) is 0 Å². The number of aryl methyl sites for hydroxylation is 1. The Morgan fingerprint density at radius 3 is 2.60 bits per heavy atom. The molecule has 20 heavy (non-hydrogen) atoms. The highest BCUT2D eigenvalue weighted by atomic mass is 15.3. The van der Waals surface area contributed by atoms with Crippen LogP contribution in [0.1, 0.15) is 32.3 Å². The number of anilines is 3. The minimum atomic E-state index is 0.796. The van der Waals surface area contributed by atoms with E-state index in [0.717, 1.165) is 48.8 Å². The highest BCUT2D eigenvalue weighted by molar-refractivity contribution is 5.62. The lowest BCUT2D eigenvalue weighted by Crippen LogP contribution is -2.09. The van der Waals surface area contributed by atoms with Crippen molar-refractivity contribution in [2.24, 2.45) is 7.05 Å². The van der Waals surface area contributed by atoms with Gasteiger partial charge < -0.3 is 10.6 Å². The van der Waals surface area contributed by atoms with Crippen molar-refractivity contribution in [3.05, 3.63) is 24.2 Å². The van der Waals surface area contributed by atoms with Gasteiger partial charge in [0.1, 0.15) is 18.0 Å². The Morgan fingerprint density at radius 1 is 1.15 bits per heavy atom. The molecule has 0 atom stereocenters. The Kier molecular flexibility index (Phi) is 4.92. The van der Waals surface area contributed by atoms with E-state index in [1.54, 1.807) is 11.0 Å². The van der Waals surface area contributed by atoms with Gasteiger partial charge in [-0.2, -0.15) is 5.10 Å². The third kappa shape index (κ3) is 3.46. The van der Waals surface area contributed by atoms with E-state index < -0.39 is 0 Å². The van der Waals surface area contributed by atoms with Gasteiger partial charge in [0.15, 0.2) is 5.82 Å². The summed E-state index contributed by atoms with van der Waals surface area (Å²) in [5.74, 6) is 2.55. The molecule has 0 unspecified atom stereocenters. The molecule has 108 valence electrons. The maximum absolute atomic E-state index is 4.36. The second kappa shape index (κ2) is 6.88. The second-order valence-electron chi connectivity index (χ2n) is 4.73. The summed E-state index contributed by atoms with van der Waals surface area (Å²) in [5, 5.41) is 11.0. The number of rotatable bonds is 7. The molecule has 0 amide bonds. The van der Waals surface area contributed by atoms with E-state index in [1.165, 1.54) is 0 Å². The fourth-order valence-electron chi connectivity index (χ4n) is 2.01. The predicted octanol–water partition coefficient (Wildman–Crippen LogP) is 2.73. The van der Waals surface area contributed by atoms with Gasteiger partial charge in [-0.25, -0.2) is 9.97 Å². The van der Waals surface area contributed by atoms with Gasteiger partial charge in [0, 0.05) is 31.4 Å². The molecule has 0 spiro atoms. The van der Waals surface area contributed by atoms with Gasteiger partial charge in [0.2, 0.25) is 0 Å². The average molecular weight is 274 g/mol. The van der Waals surface area contributed by atoms with E-state index in [1.807, 2.05) is 19.3 Å². The molecule has 0 bridgehead atoms. The molecule has 0 saturated carbocycles. The molecule has 2 rings (SSSR count). The van der Waals surface area contributed by atoms with Crippen molar-refractivity contribution in [2.45, 2.75) is 33.1 Å². The van der Waals surface area contributed by atoms with Crippen molar-refractivity contribution in [3.63, 3.8) is 0 Å². The SMILES string of the molecule is CCCNc1ncnc(Nc2ccn(C)n2)c1CCC. The zero-order valence-corrected chi connectivity index (χ0v) is 12.3. The molecule has 0 aromatic carbocycles. The van der Waals surface area contributed by atoms with Gasteiger partial charge in [-0.3, -0.25) is 4.68 Å². The van der Waals surface area contributed by atoms with E-state index in [2.05, 4.69) is 39.5 Å². The van der Waals surface area contributed by atoms with E-state index in [9.17, 15) is 0 Å². The molecule has 0 fully saturated rings. The lowest BCUT2D eigenvalue weighted by molar-refractivity contribution is 0.770. The van der Waals surface area contributed by atoms with Gasteiger partial charge in [0.05, 0.1) is 0 Å². The van der Waals surface area contributed by atoms with Crippen LogP contribution < -0.4 is 10.6 Å². The molecule has 2 heterocycles. The molecule has 2 N–H and O–H groups in total. The average Bonchev–Trinajstić information content (AvgIpc) is 2.85. The summed E-state index contributed by atoms with van der Waals surface area (Å²) >= 11 is 0. The van der Waals surface area contributed by atoms with Gasteiger partial charge in [0.25, 0.3) is 0 Å². The number of nitrogens with one attached hydrogen (secondary N) is 2. The van der Waals surface area contributed by atoms with Crippen molar-refractivity contribution in [3.8, 4) is 0 Å². The maximum atomic E-state index is 4.36. The molecule has 0 saturated heterocycles. The third-order valence-electron chi connectivity index (χ3n) is 2.95. The Morgan fingerprint density at radius 2 is 1.95 bits per heavy atom. The smallest absolute Gasteiger partial charge is 0.153 e. The summed E-state index contributed by atoms with van der Waals surface area (Å²) < 4.78 is 1.76. The van der Waals surface area contributed by atoms with Gasteiger partial charge in [-0.1, -0.05) is 20.3 Å². The van der Waals surface area contributed by atoms with E-state index in [4.69, 9.17) is 0 Å². The van der Waals surface area contributed by atoms with Gasteiger partial charge in [-0.15, -0.1) is 0 Å². The molecule has 0 radical (unpaired) electrons. The molecule has 6 heteroatoms. The van der Waals surface area contributed by atoms with Crippen LogP contribution in [0.25, 0.3) is 0 Å². The number of hydrogen-bond acceptors (Lipinski definition) is 5. The second-order valence-corrected chi connectivity index (χ2v) is 4.73. The van der Waals surface area contributed by atoms with Crippen LogP contribution in [0, 0.1) is 0 Å². The molecule has 2 aromatic rings. The standard InChI is InChI=1S/C14H22N6/c1-4-6-11-13(15-8-5-2)16-10-17-14(11)18-12-7-9-20(3)19-12/h7,9-10H,4-6,8H2,1-3H3,(H2,15,16,17,18,19). The lowest BCUT2D eigenvalue weighted by Gasteiger charge is -2.13. The van der Waals surface area contributed by atoms with Crippen LogP contribution >= 0.6 is 0 Å². The lowest BCUT2D eigenvalue weighted by atomic mass is 10.1. The highest BCUT2D eigenvalue weighted by Crippen LogP contribution is 2.24. The Balaban J connectivity index is 2.25. The van der Waals surface area contributed by atoms with Gasteiger partial charge >= 0.3 is 0 Å². The predicted molar refractivity (Wildman–Crippen MR) is 81.3 cm³/mol. The molecular formula is C14H22N6. The van der Waals surface area contributed by atoms with Crippen LogP contribution in [0.4, 0.5) is 17.5 Å². The summed E-state index contributed by atoms with van der Waals surface area (Å²) in [6.45, 7) is 5.21. The van der Waals surface area contributed by atoms with Crippen LogP contribution in [-0.2, 0) is 13.5 Å². The molecule has 2 aromatic heterocycles. The topological polar surface area (TPSA) is 67.7 Å². The van der Waals surface area contributed by atoms with E-state index in [0.29, 0.717) is 0 Å². The normalized spacial score (nSPS) is 10.6. The number of nitrogens with zero attached hydrogens (tertiary/aromatic N) is 4. The quantitative estimate of drug-likeness (QED) is 0.812. The van der Waals surface area contributed by atoms with Crippen LogP contribution in [0.2, 0.25) is 0 Å². The largest absolute Gasteiger partial charge is 0.370 e. The summed E-state index contributed by atoms with van der Waals surface area (Å²) in [6, 6.07) is 1.93. The Bertz CT molecular complexity index is 548. The Labute approximate surface area is 119 Å². The molecule has 6 nitrogen and oxygen atoms in total. The maximum Gasteiger partial charge on any atom is 0.153 e. The van der Waals surface area contributed by atoms with E-state index >= 15 is 0 Å². The molecule has 0 aliphatic heterocycles. The first-order valence-electron chi connectivity index (χ1n) is 7.09. The molecule has 0 aliphatic carbocycles. The summed E-state index contributed by atoms with van der Waals surface area (Å²) in [6.07, 6.45) is 6.54. The minimum absolute atomic E-state index is 0.796. The first-order chi connectivity index (χ1) is 9.74. The van der Waals surface area contributed by atoms with Crippen LogP contribution in [0.5, 0.6) is 0 Å². The number of hydrogen-bond donors (Lipinski definition) is 2.